The molecule has 1 nitrogen and oxygen atoms in total. The molecule has 0 amide bonds. The van der Waals surface area contributed by atoms with Gasteiger partial charge in [-0.2, -0.15) is 0 Å². The first-order valence-electron chi connectivity index (χ1n) is 4.40. The Bertz CT molecular complexity index is 331. The quantitative estimate of drug-likeness (QED) is 0.683. The van der Waals surface area contributed by atoms with E-state index in [1.165, 1.54) is 0 Å². The fraction of sp³-hybridized carbons (Fsp3) is 0.333. The van der Waals surface area contributed by atoms with Gasteiger partial charge in [-0.3, -0.25) is 0 Å². The van der Waals surface area contributed by atoms with Crippen molar-refractivity contribution in [2.75, 3.05) is 0 Å². The van der Waals surface area contributed by atoms with Gasteiger partial charge in [-0.15, -0.1) is 12.3 Å². The van der Waals surface area contributed by atoms with E-state index in [0.29, 0.717) is 18.1 Å². The average molecular weight is 174 g/mol. The van der Waals surface area contributed by atoms with Gasteiger partial charge >= 0.3 is 0 Å². The molecular formula is C12H14O. The summed E-state index contributed by atoms with van der Waals surface area (Å²) in [6.07, 6.45) is 5.89. The highest BCUT2D eigenvalue weighted by atomic mass is 16.3. The Morgan fingerprint density at radius 2 is 2.15 bits per heavy atom. The number of benzene rings is 1. The number of phenolic OH excluding ortho intramolecular Hbond substituents is 1. The van der Waals surface area contributed by atoms with Crippen LogP contribution in [-0.4, -0.2) is 5.11 Å². The Morgan fingerprint density at radius 3 is 2.69 bits per heavy atom. The van der Waals surface area contributed by atoms with Crippen LogP contribution in [0.3, 0.4) is 0 Å². The van der Waals surface area contributed by atoms with Crippen LogP contribution in [0.4, 0.5) is 0 Å². The second kappa shape index (κ2) is 4.00. The molecule has 0 radical (unpaired) electrons. The largest absolute Gasteiger partial charge is 0.508 e. The number of rotatable bonds is 2. The van der Waals surface area contributed by atoms with Crippen LogP contribution < -0.4 is 0 Å². The van der Waals surface area contributed by atoms with Gasteiger partial charge in [0.1, 0.15) is 5.75 Å². The SMILES string of the molecule is C#CCc1ccc(O)cc1C(C)C. The lowest BCUT2D eigenvalue weighted by Gasteiger charge is -2.10. The molecule has 1 N–H and O–H groups in total. The monoisotopic (exact) mass is 174 g/mol. The molecule has 0 aliphatic rings. The molecule has 0 bridgehead atoms. The Morgan fingerprint density at radius 1 is 1.46 bits per heavy atom. The van der Waals surface area contributed by atoms with Gasteiger partial charge < -0.3 is 5.11 Å². The molecule has 0 atom stereocenters. The summed E-state index contributed by atoms with van der Waals surface area (Å²) < 4.78 is 0. The van der Waals surface area contributed by atoms with Crippen molar-refractivity contribution in [2.24, 2.45) is 0 Å². The van der Waals surface area contributed by atoms with Gasteiger partial charge in [-0.25, -0.2) is 0 Å². The molecule has 1 rings (SSSR count). The molecule has 0 heterocycles. The van der Waals surface area contributed by atoms with Crippen molar-refractivity contribution in [3.8, 4) is 18.1 Å². The van der Waals surface area contributed by atoms with Gasteiger partial charge in [0, 0.05) is 6.42 Å². The van der Waals surface area contributed by atoms with Crippen molar-refractivity contribution in [1.29, 1.82) is 0 Å². The topological polar surface area (TPSA) is 20.2 Å². The smallest absolute Gasteiger partial charge is 0.115 e. The summed E-state index contributed by atoms with van der Waals surface area (Å²) in [5, 5.41) is 9.30. The maximum Gasteiger partial charge on any atom is 0.115 e. The normalized spacial score (nSPS) is 10.0. The minimum Gasteiger partial charge on any atom is -0.508 e. The summed E-state index contributed by atoms with van der Waals surface area (Å²) in [5.74, 6) is 3.33. The summed E-state index contributed by atoms with van der Waals surface area (Å²) in [5.41, 5.74) is 2.27. The van der Waals surface area contributed by atoms with Crippen LogP contribution in [0.15, 0.2) is 18.2 Å². The van der Waals surface area contributed by atoms with E-state index >= 15 is 0 Å². The number of phenols is 1. The second-order valence-corrected chi connectivity index (χ2v) is 3.42. The lowest BCUT2D eigenvalue weighted by Crippen LogP contribution is -1.94. The van der Waals surface area contributed by atoms with Crippen LogP contribution >= 0.6 is 0 Å². The Balaban J connectivity index is 3.12. The van der Waals surface area contributed by atoms with E-state index < -0.39 is 0 Å². The molecule has 0 fully saturated rings. The third-order valence-corrected chi connectivity index (χ3v) is 2.04. The molecule has 0 aliphatic carbocycles. The number of hydrogen-bond acceptors (Lipinski definition) is 1. The molecule has 68 valence electrons. The van der Waals surface area contributed by atoms with E-state index in [2.05, 4.69) is 19.8 Å². The zero-order valence-corrected chi connectivity index (χ0v) is 8.04. The van der Waals surface area contributed by atoms with Crippen LogP contribution in [0, 0.1) is 12.3 Å². The Hall–Kier alpha value is -1.42. The summed E-state index contributed by atoms with van der Waals surface area (Å²) in [6.45, 7) is 4.18. The molecule has 0 spiro atoms. The van der Waals surface area contributed by atoms with Crippen LogP contribution in [0.1, 0.15) is 30.9 Å². The third-order valence-electron chi connectivity index (χ3n) is 2.04. The van der Waals surface area contributed by atoms with E-state index in [-0.39, 0.29) is 0 Å². The third kappa shape index (κ3) is 2.26. The van der Waals surface area contributed by atoms with Crippen molar-refractivity contribution in [1.82, 2.24) is 0 Å². The number of hydrogen-bond donors (Lipinski definition) is 1. The van der Waals surface area contributed by atoms with Crippen molar-refractivity contribution in [3.63, 3.8) is 0 Å². The minimum atomic E-state index is 0.310. The first kappa shape index (κ1) is 9.67. The highest BCUT2D eigenvalue weighted by Gasteiger charge is 2.06. The average Bonchev–Trinajstić information content (AvgIpc) is 2.08. The predicted octanol–water partition coefficient (Wildman–Crippen LogP) is 2.69. The van der Waals surface area contributed by atoms with Crippen molar-refractivity contribution in [3.05, 3.63) is 29.3 Å². The zero-order valence-electron chi connectivity index (χ0n) is 8.04. The minimum absolute atomic E-state index is 0.310. The van der Waals surface area contributed by atoms with Crippen LogP contribution in [0.5, 0.6) is 5.75 Å². The second-order valence-electron chi connectivity index (χ2n) is 3.42. The van der Waals surface area contributed by atoms with Crippen molar-refractivity contribution >= 4 is 0 Å². The standard InChI is InChI=1S/C12H14O/c1-4-5-10-6-7-11(13)8-12(10)9(2)3/h1,6-9,13H,5H2,2-3H3. The molecule has 0 aliphatic heterocycles. The maximum absolute atomic E-state index is 9.30. The van der Waals surface area contributed by atoms with Gasteiger partial charge in [-0.05, 0) is 29.2 Å². The Labute approximate surface area is 79.4 Å². The highest BCUT2D eigenvalue weighted by Crippen LogP contribution is 2.24. The molecule has 13 heavy (non-hydrogen) atoms. The number of aromatic hydroxyl groups is 1. The van der Waals surface area contributed by atoms with Gasteiger partial charge in [0.25, 0.3) is 0 Å². The van der Waals surface area contributed by atoms with Gasteiger partial charge in [0.05, 0.1) is 0 Å². The van der Waals surface area contributed by atoms with Gasteiger partial charge in [0.15, 0.2) is 0 Å². The lowest BCUT2D eigenvalue weighted by atomic mass is 9.95. The molecular weight excluding hydrogens is 160 g/mol. The van der Waals surface area contributed by atoms with Crippen LogP contribution in [-0.2, 0) is 6.42 Å². The number of terminal acetylenes is 1. The fourth-order valence-electron chi connectivity index (χ4n) is 1.39. The molecule has 0 unspecified atom stereocenters. The molecule has 0 saturated heterocycles. The molecule has 0 saturated carbocycles. The van der Waals surface area contributed by atoms with E-state index in [1.807, 2.05) is 6.07 Å². The summed E-state index contributed by atoms with van der Waals surface area (Å²) in [6, 6.07) is 5.36. The lowest BCUT2D eigenvalue weighted by molar-refractivity contribution is 0.474. The highest BCUT2D eigenvalue weighted by molar-refractivity contribution is 5.38. The summed E-state index contributed by atoms with van der Waals surface area (Å²) >= 11 is 0. The van der Waals surface area contributed by atoms with E-state index in [4.69, 9.17) is 6.42 Å². The zero-order chi connectivity index (χ0) is 9.84. The molecule has 1 aromatic carbocycles. The van der Waals surface area contributed by atoms with Crippen LogP contribution in [0.25, 0.3) is 0 Å². The Kier molecular flexibility index (Phi) is 2.97. The van der Waals surface area contributed by atoms with Gasteiger partial charge in [0.2, 0.25) is 0 Å². The van der Waals surface area contributed by atoms with Gasteiger partial charge in [-0.1, -0.05) is 19.9 Å². The molecule has 1 heteroatoms. The van der Waals surface area contributed by atoms with E-state index in [0.717, 1.165) is 11.1 Å². The summed E-state index contributed by atoms with van der Waals surface area (Å²) in [4.78, 5) is 0. The van der Waals surface area contributed by atoms with Crippen LogP contribution in [0.2, 0.25) is 0 Å². The predicted molar refractivity (Wildman–Crippen MR) is 54.7 cm³/mol. The molecule has 1 aromatic rings. The molecule has 0 aromatic heterocycles. The van der Waals surface area contributed by atoms with Crippen molar-refractivity contribution in [2.45, 2.75) is 26.2 Å². The van der Waals surface area contributed by atoms with E-state index in [1.54, 1.807) is 12.1 Å². The fourth-order valence-corrected chi connectivity index (χ4v) is 1.39. The van der Waals surface area contributed by atoms with E-state index in [9.17, 15) is 5.11 Å². The first-order valence-corrected chi connectivity index (χ1v) is 4.40. The first-order chi connectivity index (χ1) is 6.15. The van der Waals surface area contributed by atoms with Crippen molar-refractivity contribution < 1.29 is 5.11 Å². The maximum atomic E-state index is 9.30. The summed E-state index contributed by atoms with van der Waals surface area (Å²) in [7, 11) is 0.